The molecule has 0 atom stereocenters. The highest BCUT2D eigenvalue weighted by atomic mass is 16.4. The van der Waals surface area contributed by atoms with Crippen LogP contribution in [0.15, 0.2) is 12.1 Å². The van der Waals surface area contributed by atoms with Gasteiger partial charge in [-0.2, -0.15) is 0 Å². The maximum absolute atomic E-state index is 10.9. The third kappa shape index (κ3) is 2.65. The first kappa shape index (κ1) is 11.4. The van der Waals surface area contributed by atoms with Crippen molar-refractivity contribution in [3.05, 3.63) is 34.4 Å². The van der Waals surface area contributed by atoms with Gasteiger partial charge in [0, 0.05) is 6.42 Å². The van der Waals surface area contributed by atoms with Crippen molar-refractivity contribution in [3.63, 3.8) is 0 Å². The number of carboxylic acid groups (broad SMARTS) is 1. The molecular formula is C12H14O3. The van der Waals surface area contributed by atoms with Gasteiger partial charge in [-0.25, -0.2) is 4.79 Å². The number of benzene rings is 1. The molecule has 0 aromatic heterocycles. The summed E-state index contributed by atoms with van der Waals surface area (Å²) in [4.78, 5) is 21.1. The summed E-state index contributed by atoms with van der Waals surface area (Å²) in [6, 6.07) is 3.51. The fourth-order valence-electron chi connectivity index (χ4n) is 1.61. The average Bonchev–Trinajstić information content (AvgIpc) is 2.16. The molecule has 3 nitrogen and oxygen atoms in total. The first-order valence-electron chi connectivity index (χ1n) is 4.83. The van der Waals surface area contributed by atoms with Crippen LogP contribution < -0.4 is 0 Å². The molecule has 0 aliphatic heterocycles. The molecule has 0 heterocycles. The SMILES string of the molecule is Cc1cc(C)c(C(=O)O)cc1CCC=O. The Bertz CT molecular complexity index is 394. The number of aryl methyl sites for hydroxylation is 3. The Hall–Kier alpha value is -1.64. The Morgan fingerprint density at radius 1 is 1.33 bits per heavy atom. The van der Waals surface area contributed by atoms with Crippen molar-refractivity contribution in [2.24, 2.45) is 0 Å². The van der Waals surface area contributed by atoms with Crippen molar-refractivity contribution in [3.8, 4) is 0 Å². The zero-order chi connectivity index (χ0) is 11.4. The Morgan fingerprint density at radius 3 is 2.53 bits per heavy atom. The van der Waals surface area contributed by atoms with Gasteiger partial charge in [-0.3, -0.25) is 0 Å². The zero-order valence-electron chi connectivity index (χ0n) is 8.91. The summed E-state index contributed by atoms with van der Waals surface area (Å²) >= 11 is 0. The normalized spacial score (nSPS) is 10.0. The molecule has 80 valence electrons. The van der Waals surface area contributed by atoms with E-state index < -0.39 is 5.97 Å². The Morgan fingerprint density at radius 2 is 2.00 bits per heavy atom. The summed E-state index contributed by atoms with van der Waals surface area (Å²) in [5.41, 5.74) is 3.06. The number of rotatable bonds is 4. The van der Waals surface area contributed by atoms with Gasteiger partial charge in [0.25, 0.3) is 0 Å². The third-order valence-electron chi connectivity index (χ3n) is 2.44. The second-order valence-electron chi connectivity index (χ2n) is 3.60. The van der Waals surface area contributed by atoms with Gasteiger partial charge in [0.1, 0.15) is 6.29 Å². The minimum atomic E-state index is -0.917. The van der Waals surface area contributed by atoms with Crippen LogP contribution in [0.4, 0.5) is 0 Å². The topological polar surface area (TPSA) is 54.4 Å². The highest BCUT2D eigenvalue weighted by Gasteiger charge is 2.09. The molecule has 0 saturated carbocycles. The van der Waals surface area contributed by atoms with Gasteiger partial charge >= 0.3 is 5.97 Å². The fourth-order valence-corrected chi connectivity index (χ4v) is 1.61. The van der Waals surface area contributed by atoms with Gasteiger partial charge in [-0.05, 0) is 43.0 Å². The fraction of sp³-hybridized carbons (Fsp3) is 0.333. The van der Waals surface area contributed by atoms with E-state index in [-0.39, 0.29) is 0 Å². The maximum atomic E-state index is 10.9. The van der Waals surface area contributed by atoms with Crippen LogP contribution >= 0.6 is 0 Å². The molecule has 0 radical (unpaired) electrons. The predicted octanol–water partition coefficient (Wildman–Crippen LogP) is 2.13. The van der Waals surface area contributed by atoms with Crippen LogP contribution in [0.25, 0.3) is 0 Å². The largest absolute Gasteiger partial charge is 0.478 e. The van der Waals surface area contributed by atoms with E-state index in [1.54, 1.807) is 13.0 Å². The van der Waals surface area contributed by atoms with Crippen molar-refractivity contribution in [2.45, 2.75) is 26.7 Å². The standard InChI is InChI=1S/C12H14O3/c1-8-6-9(2)11(12(14)15)7-10(8)4-3-5-13/h5-7H,3-4H2,1-2H3,(H,14,15). The highest BCUT2D eigenvalue weighted by molar-refractivity contribution is 5.89. The summed E-state index contributed by atoms with van der Waals surface area (Å²) in [6.07, 6.45) is 1.89. The van der Waals surface area contributed by atoms with Gasteiger partial charge in [-0.15, -0.1) is 0 Å². The van der Waals surface area contributed by atoms with Gasteiger partial charge in [-0.1, -0.05) is 6.07 Å². The summed E-state index contributed by atoms with van der Waals surface area (Å²) in [5.74, 6) is -0.917. The second kappa shape index (κ2) is 4.73. The van der Waals surface area contributed by atoms with E-state index in [4.69, 9.17) is 5.11 Å². The summed E-state index contributed by atoms with van der Waals surface area (Å²) in [6.45, 7) is 3.71. The number of hydrogen-bond acceptors (Lipinski definition) is 2. The molecule has 0 unspecified atom stereocenters. The lowest BCUT2D eigenvalue weighted by molar-refractivity contribution is -0.107. The quantitative estimate of drug-likeness (QED) is 0.768. The highest BCUT2D eigenvalue weighted by Crippen LogP contribution is 2.17. The number of carboxylic acids is 1. The Kier molecular flexibility index (Phi) is 3.61. The van der Waals surface area contributed by atoms with Crippen molar-refractivity contribution < 1.29 is 14.7 Å². The number of carbonyl (C=O) groups is 2. The van der Waals surface area contributed by atoms with Crippen molar-refractivity contribution in [1.29, 1.82) is 0 Å². The second-order valence-corrected chi connectivity index (χ2v) is 3.60. The lowest BCUT2D eigenvalue weighted by Crippen LogP contribution is -2.03. The molecule has 0 saturated heterocycles. The van der Waals surface area contributed by atoms with E-state index in [0.29, 0.717) is 18.4 Å². The monoisotopic (exact) mass is 206 g/mol. The van der Waals surface area contributed by atoms with Crippen molar-refractivity contribution in [1.82, 2.24) is 0 Å². The molecule has 1 aromatic carbocycles. The molecule has 1 N–H and O–H groups in total. The van der Waals surface area contributed by atoms with Gasteiger partial charge in [0.05, 0.1) is 5.56 Å². The maximum Gasteiger partial charge on any atom is 0.335 e. The summed E-state index contributed by atoms with van der Waals surface area (Å²) < 4.78 is 0. The Labute approximate surface area is 88.7 Å². The molecule has 0 fully saturated rings. The van der Waals surface area contributed by atoms with Crippen LogP contribution in [0.2, 0.25) is 0 Å². The zero-order valence-corrected chi connectivity index (χ0v) is 8.91. The molecule has 0 bridgehead atoms. The first-order chi connectivity index (χ1) is 7.06. The number of hydrogen-bond donors (Lipinski definition) is 1. The smallest absolute Gasteiger partial charge is 0.335 e. The van der Waals surface area contributed by atoms with E-state index >= 15 is 0 Å². The molecular weight excluding hydrogens is 192 g/mol. The average molecular weight is 206 g/mol. The van der Waals surface area contributed by atoms with Crippen LogP contribution in [0.1, 0.15) is 33.5 Å². The predicted molar refractivity (Wildman–Crippen MR) is 57.3 cm³/mol. The van der Waals surface area contributed by atoms with Gasteiger partial charge in [0.15, 0.2) is 0 Å². The molecule has 1 rings (SSSR count). The van der Waals surface area contributed by atoms with E-state index in [1.165, 1.54) is 0 Å². The van der Waals surface area contributed by atoms with Gasteiger partial charge < -0.3 is 9.90 Å². The third-order valence-corrected chi connectivity index (χ3v) is 2.44. The Balaban J connectivity index is 3.11. The minimum absolute atomic E-state index is 0.321. The number of aromatic carboxylic acids is 1. The van der Waals surface area contributed by atoms with E-state index in [9.17, 15) is 9.59 Å². The lowest BCUT2D eigenvalue weighted by Gasteiger charge is -2.08. The number of carbonyl (C=O) groups excluding carboxylic acids is 1. The first-order valence-corrected chi connectivity index (χ1v) is 4.83. The summed E-state index contributed by atoms with van der Waals surface area (Å²) in [5, 5.41) is 8.94. The molecule has 0 spiro atoms. The lowest BCUT2D eigenvalue weighted by atomic mass is 9.97. The van der Waals surface area contributed by atoms with Crippen LogP contribution in [-0.2, 0) is 11.2 Å². The van der Waals surface area contributed by atoms with Gasteiger partial charge in [0.2, 0.25) is 0 Å². The van der Waals surface area contributed by atoms with Crippen LogP contribution in [0, 0.1) is 13.8 Å². The van der Waals surface area contributed by atoms with E-state index in [1.807, 2.05) is 13.0 Å². The number of aldehydes is 1. The van der Waals surface area contributed by atoms with E-state index in [0.717, 1.165) is 23.0 Å². The van der Waals surface area contributed by atoms with Crippen LogP contribution in [-0.4, -0.2) is 17.4 Å². The molecule has 0 amide bonds. The van der Waals surface area contributed by atoms with Crippen molar-refractivity contribution in [2.75, 3.05) is 0 Å². The summed E-state index contributed by atoms with van der Waals surface area (Å²) in [7, 11) is 0. The molecule has 0 aliphatic rings. The minimum Gasteiger partial charge on any atom is -0.478 e. The molecule has 3 heteroatoms. The molecule has 0 aliphatic carbocycles. The van der Waals surface area contributed by atoms with Crippen LogP contribution in [0.3, 0.4) is 0 Å². The molecule has 15 heavy (non-hydrogen) atoms. The van der Waals surface area contributed by atoms with E-state index in [2.05, 4.69) is 0 Å². The molecule has 1 aromatic rings. The van der Waals surface area contributed by atoms with Crippen LogP contribution in [0.5, 0.6) is 0 Å². The van der Waals surface area contributed by atoms with Crippen molar-refractivity contribution >= 4 is 12.3 Å².